The minimum absolute atomic E-state index is 0.773. The zero-order chi connectivity index (χ0) is 10.0. The van der Waals surface area contributed by atoms with Crippen LogP contribution in [0, 0.1) is 13.8 Å². The van der Waals surface area contributed by atoms with Gasteiger partial charge in [0, 0.05) is 17.5 Å². The van der Waals surface area contributed by atoms with E-state index in [0.717, 1.165) is 22.5 Å². The quantitative estimate of drug-likeness (QED) is 0.683. The maximum Gasteiger partial charge on any atom is 0.328 e. The Labute approximate surface area is 77.1 Å². The number of nitrogens with one attached hydrogen (secondary N) is 1. The molecule has 0 radical (unpaired) electrons. The Morgan fingerprint density at radius 1 is 1.54 bits per heavy atom. The number of rotatable bonds is 2. The predicted octanol–water partition coefficient (Wildman–Crippen LogP) is 2.12. The lowest BCUT2D eigenvalue weighted by Gasteiger charge is -1.97. The molecule has 1 heterocycles. The summed E-state index contributed by atoms with van der Waals surface area (Å²) in [6.07, 6.45) is 1.22. The van der Waals surface area contributed by atoms with E-state index in [4.69, 9.17) is 5.11 Å². The van der Waals surface area contributed by atoms with Crippen molar-refractivity contribution in [3.63, 3.8) is 0 Å². The number of aromatic nitrogens is 1. The summed E-state index contributed by atoms with van der Waals surface area (Å²) < 4.78 is 0. The first-order chi connectivity index (χ1) is 6.00. The number of carboxylic acid groups (broad SMARTS) is 1. The lowest BCUT2D eigenvalue weighted by molar-refractivity contribution is -0.131. The molecule has 3 nitrogen and oxygen atoms in total. The van der Waals surface area contributed by atoms with Crippen LogP contribution in [0.4, 0.5) is 0 Å². The first kappa shape index (κ1) is 9.58. The van der Waals surface area contributed by atoms with Crippen LogP contribution in [0.5, 0.6) is 0 Å². The standard InChI is InChI=1S/C10H13NO2/c1-6(4-10(12)13)9-5-7(2)11-8(9)3/h4-5,11H,1-3H3,(H,12,13)/b6-4-. The van der Waals surface area contributed by atoms with Crippen molar-refractivity contribution in [1.82, 2.24) is 4.98 Å². The van der Waals surface area contributed by atoms with Crippen molar-refractivity contribution >= 4 is 11.5 Å². The van der Waals surface area contributed by atoms with Gasteiger partial charge >= 0.3 is 5.97 Å². The minimum Gasteiger partial charge on any atom is -0.478 e. The van der Waals surface area contributed by atoms with Crippen molar-refractivity contribution in [3.8, 4) is 0 Å². The molecule has 0 fully saturated rings. The third kappa shape index (κ3) is 2.21. The molecule has 0 saturated heterocycles. The monoisotopic (exact) mass is 179 g/mol. The Bertz CT molecular complexity index is 361. The summed E-state index contributed by atoms with van der Waals surface area (Å²) in [7, 11) is 0. The zero-order valence-corrected chi connectivity index (χ0v) is 8.01. The highest BCUT2D eigenvalue weighted by Gasteiger charge is 2.04. The molecule has 13 heavy (non-hydrogen) atoms. The zero-order valence-electron chi connectivity index (χ0n) is 8.01. The Hall–Kier alpha value is -1.51. The molecule has 0 amide bonds. The highest BCUT2D eigenvalue weighted by atomic mass is 16.4. The van der Waals surface area contributed by atoms with Gasteiger partial charge in [0.1, 0.15) is 0 Å². The fourth-order valence-electron chi connectivity index (χ4n) is 1.40. The van der Waals surface area contributed by atoms with Gasteiger partial charge in [0.15, 0.2) is 0 Å². The molecular weight excluding hydrogens is 166 g/mol. The van der Waals surface area contributed by atoms with Gasteiger partial charge in [-0.3, -0.25) is 0 Å². The van der Waals surface area contributed by atoms with E-state index >= 15 is 0 Å². The maximum atomic E-state index is 10.4. The third-order valence-electron chi connectivity index (χ3n) is 1.91. The van der Waals surface area contributed by atoms with Crippen molar-refractivity contribution < 1.29 is 9.90 Å². The summed E-state index contributed by atoms with van der Waals surface area (Å²) >= 11 is 0. The molecule has 2 N–H and O–H groups in total. The molecule has 70 valence electrons. The number of allylic oxidation sites excluding steroid dienone is 1. The Morgan fingerprint density at radius 2 is 2.15 bits per heavy atom. The van der Waals surface area contributed by atoms with Crippen LogP contribution in [0.15, 0.2) is 12.1 Å². The van der Waals surface area contributed by atoms with Crippen molar-refractivity contribution in [1.29, 1.82) is 0 Å². The van der Waals surface area contributed by atoms with E-state index in [2.05, 4.69) is 4.98 Å². The first-order valence-corrected chi connectivity index (χ1v) is 4.08. The van der Waals surface area contributed by atoms with E-state index in [1.165, 1.54) is 6.08 Å². The van der Waals surface area contributed by atoms with E-state index < -0.39 is 5.97 Å². The number of hydrogen-bond donors (Lipinski definition) is 2. The molecule has 1 aromatic heterocycles. The molecule has 1 rings (SSSR count). The van der Waals surface area contributed by atoms with Crippen molar-refractivity contribution in [2.45, 2.75) is 20.8 Å². The lowest BCUT2D eigenvalue weighted by Crippen LogP contribution is -1.90. The highest BCUT2D eigenvalue weighted by Crippen LogP contribution is 2.18. The number of aromatic amines is 1. The van der Waals surface area contributed by atoms with Crippen LogP contribution in [0.25, 0.3) is 5.57 Å². The van der Waals surface area contributed by atoms with Gasteiger partial charge in [-0.05, 0) is 38.0 Å². The second-order valence-corrected chi connectivity index (χ2v) is 3.16. The van der Waals surface area contributed by atoms with Crippen LogP contribution in [-0.2, 0) is 4.79 Å². The molecule has 0 aliphatic heterocycles. The minimum atomic E-state index is -0.907. The largest absolute Gasteiger partial charge is 0.478 e. The van der Waals surface area contributed by atoms with E-state index in [1.807, 2.05) is 19.9 Å². The van der Waals surface area contributed by atoms with Crippen molar-refractivity contribution in [3.05, 3.63) is 29.1 Å². The average Bonchev–Trinajstić information content (AvgIpc) is 2.28. The van der Waals surface area contributed by atoms with Gasteiger partial charge < -0.3 is 10.1 Å². The smallest absolute Gasteiger partial charge is 0.328 e. The van der Waals surface area contributed by atoms with Gasteiger partial charge in [-0.25, -0.2) is 4.79 Å². The molecule has 0 atom stereocenters. The van der Waals surface area contributed by atoms with Crippen molar-refractivity contribution in [2.75, 3.05) is 0 Å². The number of hydrogen-bond acceptors (Lipinski definition) is 1. The number of carboxylic acids is 1. The summed E-state index contributed by atoms with van der Waals surface area (Å²) in [5, 5.41) is 8.56. The van der Waals surface area contributed by atoms with Gasteiger partial charge in [0.05, 0.1) is 0 Å². The highest BCUT2D eigenvalue weighted by molar-refractivity contribution is 5.89. The van der Waals surface area contributed by atoms with E-state index in [-0.39, 0.29) is 0 Å². The van der Waals surface area contributed by atoms with Gasteiger partial charge in [-0.1, -0.05) is 0 Å². The Kier molecular flexibility index (Phi) is 2.56. The number of aliphatic carboxylic acids is 1. The number of carbonyl (C=O) groups is 1. The molecule has 0 unspecified atom stereocenters. The maximum absolute atomic E-state index is 10.4. The Balaban J connectivity index is 3.08. The van der Waals surface area contributed by atoms with E-state index in [1.54, 1.807) is 6.92 Å². The summed E-state index contributed by atoms with van der Waals surface area (Å²) in [5.74, 6) is -0.907. The lowest BCUT2D eigenvalue weighted by atomic mass is 10.1. The van der Waals surface area contributed by atoms with Crippen LogP contribution >= 0.6 is 0 Å². The average molecular weight is 179 g/mol. The van der Waals surface area contributed by atoms with Gasteiger partial charge in [-0.2, -0.15) is 0 Å². The van der Waals surface area contributed by atoms with Gasteiger partial charge in [0.2, 0.25) is 0 Å². The third-order valence-corrected chi connectivity index (χ3v) is 1.91. The molecule has 0 aromatic carbocycles. The second kappa shape index (κ2) is 3.47. The fourth-order valence-corrected chi connectivity index (χ4v) is 1.40. The summed E-state index contributed by atoms with van der Waals surface area (Å²) in [5.41, 5.74) is 3.80. The van der Waals surface area contributed by atoms with Crippen LogP contribution in [0.2, 0.25) is 0 Å². The molecule has 0 spiro atoms. The normalized spacial score (nSPS) is 11.8. The van der Waals surface area contributed by atoms with Crippen molar-refractivity contribution in [2.24, 2.45) is 0 Å². The van der Waals surface area contributed by atoms with Gasteiger partial charge in [0.25, 0.3) is 0 Å². The first-order valence-electron chi connectivity index (χ1n) is 4.08. The molecule has 0 saturated carbocycles. The summed E-state index contributed by atoms with van der Waals surface area (Å²) in [6, 6.07) is 1.95. The topological polar surface area (TPSA) is 53.1 Å². The number of H-pyrrole nitrogens is 1. The summed E-state index contributed by atoms with van der Waals surface area (Å²) in [4.78, 5) is 13.5. The summed E-state index contributed by atoms with van der Waals surface area (Å²) in [6.45, 7) is 5.68. The second-order valence-electron chi connectivity index (χ2n) is 3.16. The molecule has 0 aliphatic rings. The van der Waals surface area contributed by atoms with E-state index in [0.29, 0.717) is 0 Å². The molecule has 1 aromatic rings. The molecule has 0 bridgehead atoms. The van der Waals surface area contributed by atoms with Crippen LogP contribution < -0.4 is 0 Å². The molecular formula is C10H13NO2. The molecule has 0 aliphatic carbocycles. The number of aryl methyl sites for hydroxylation is 2. The van der Waals surface area contributed by atoms with E-state index in [9.17, 15) is 4.79 Å². The van der Waals surface area contributed by atoms with Crippen LogP contribution in [-0.4, -0.2) is 16.1 Å². The van der Waals surface area contributed by atoms with Crippen LogP contribution in [0.3, 0.4) is 0 Å². The SMILES string of the molecule is C/C(=C/C(=O)O)c1cc(C)[nH]c1C. The predicted molar refractivity (Wildman–Crippen MR) is 51.6 cm³/mol. The van der Waals surface area contributed by atoms with Crippen LogP contribution in [0.1, 0.15) is 23.9 Å². The molecule has 3 heteroatoms. The fraction of sp³-hybridized carbons (Fsp3) is 0.300. The van der Waals surface area contributed by atoms with Gasteiger partial charge in [-0.15, -0.1) is 0 Å². The Morgan fingerprint density at radius 3 is 2.54 bits per heavy atom.